The molecule has 0 aliphatic carbocycles. The molecule has 0 atom stereocenters. The average molecular weight is 337 g/mol. The van der Waals surface area contributed by atoms with E-state index in [0.29, 0.717) is 0 Å². The van der Waals surface area contributed by atoms with Gasteiger partial charge in [-0.1, -0.05) is 90.7 Å². The summed E-state index contributed by atoms with van der Waals surface area (Å²) in [7, 11) is 0. The molecule has 116 valence electrons. The molecule has 3 aromatic carbocycles. The standard InChI is InChI=1S/C20H20NPS/c1-16-10-9-11-17(2)20(16)21-22(23,18-12-5-3-6-13-18)19-14-7-4-8-15-19/h3-15H,1-2H3,(H,21,23). The van der Waals surface area contributed by atoms with E-state index >= 15 is 0 Å². The van der Waals surface area contributed by atoms with Gasteiger partial charge < -0.3 is 5.09 Å². The SMILES string of the molecule is Cc1cccc(C)c1NP(=S)(c1ccccc1)c1ccccc1. The van der Waals surface area contributed by atoms with E-state index in [-0.39, 0.29) is 0 Å². The Kier molecular flexibility index (Phi) is 4.66. The second-order valence-electron chi connectivity index (χ2n) is 5.66. The summed E-state index contributed by atoms with van der Waals surface area (Å²) in [6.07, 6.45) is -2.12. The molecule has 0 amide bonds. The number of hydrogen-bond acceptors (Lipinski definition) is 1. The maximum Gasteiger partial charge on any atom is 0.0903 e. The van der Waals surface area contributed by atoms with Crippen LogP contribution >= 0.6 is 6.19 Å². The summed E-state index contributed by atoms with van der Waals surface area (Å²) in [5.41, 5.74) is 3.61. The molecule has 0 fully saturated rings. The molecule has 3 rings (SSSR count). The van der Waals surface area contributed by atoms with Gasteiger partial charge in [-0.05, 0) is 25.0 Å². The van der Waals surface area contributed by atoms with Gasteiger partial charge in [-0.25, -0.2) is 0 Å². The molecule has 0 aromatic heterocycles. The lowest BCUT2D eigenvalue weighted by Gasteiger charge is -2.27. The van der Waals surface area contributed by atoms with Crippen molar-refractivity contribution in [3.05, 3.63) is 90.0 Å². The highest BCUT2D eigenvalue weighted by molar-refractivity contribution is 8.22. The van der Waals surface area contributed by atoms with Crippen LogP contribution in [-0.2, 0) is 11.8 Å². The average Bonchev–Trinajstić information content (AvgIpc) is 2.60. The first kappa shape index (κ1) is 16.0. The van der Waals surface area contributed by atoms with E-state index in [1.165, 1.54) is 21.7 Å². The fourth-order valence-corrected chi connectivity index (χ4v) is 6.11. The van der Waals surface area contributed by atoms with Crippen molar-refractivity contribution in [2.24, 2.45) is 0 Å². The Balaban J connectivity index is 2.16. The van der Waals surface area contributed by atoms with Gasteiger partial charge in [0.15, 0.2) is 0 Å². The van der Waals surface area contributed by atoms with E-state index < -0.39 is 6.19 Å². The summed E-state index contributed by atoms with van der Waals surface area (Å²) < 4.78 is 0. The predicted molar refractivity (Wildman–Crippen MR) is 106 cm³/mol. The number of aryl methyl sites for hydroxylation is 2. The van der Waals surface area contributed by atoms with Crippen LogP contribution < -0.4 is 15.7 Å². The van der Waals surface area contributed by atoms with Gasteiger partial charge >= 0.3 is 0 Å². The van der Waals surface area contributed by atoms with E-state index in [0.717, 1.165) is 5.69 Å². The van der Waals surface area contributed by atoms with Crippen LogP contribution in [0.15, 0.2) is 78.9 Å². The van der Waals surface area contributed by atoms with Crippen molar-refractivity contribution < 1.29 is 0 Å². The lowest BCUT2D eigenvalue weighted by molar-refractivity contribution is 1.39. The normalized spacial score (nSPS) is 11.2. The lowest BCUT2D eigenvalue weighted by Crippen LogP contribution is -2.22. The zero-order chi connectivity index (χ0) is 16.3. The number of hydrogen-bond donors (Lipinski definition) is 1. The highest BCUT2D eigenvalue weighted by atomic mass is 32.4. The Morgan fingerprint density at radius 1 is 0.652 bits per heavy atom. The molecular weight excluding hydrogens is 317 g/mol. The topological polar surface area (TPSA) is 12.0 Å². The molecule has 0 bridgehead atoms. The van der Waals surface area contributed by atoms with Crippen molar-refractivity contribution in [1.29, 1.82) is 0 Å². The molecule has 0 spiro atoms. The van der Waals surface area contributed by atoms with Gasteiger partial charge in [0.25, 0.3) is 0 Å². The van der Waals surface area contributed by atoms with E-state index in [9.17, 15) is 0 Å². The Morgan fingerprint density at radius 3 is 1.52 bits per heavy atom. The van der Waals surface area contributed by atoms with Crippen molar-refractivity contribution in [3.63, 3.8) is 0 Å². The highest BCUT2D eigenvalue weighted by Crippen LogP contribution is 2.45. The third-order valence-electron chi connectivity index (χ3n) is 3.99. The maximum atomic E-state index is 6.24. The van der Waals surface area contributed by atoms with Crippen molar-refractivity contribution in [3.8, 4) is 0 Å². The van der Waals surface area contributed by atoms with Crippen molar-refractivity contribution in [1.82, 2.24) is 0 Å². The Hall–Kier alpha value is -1.89. The zero-order valence-electron chi connectivity index (χ0n) is 13.4. The zero-order valence-corrected chi connectivity index (χ0v) is 15.1. The van der Waals surface area contributed by atoms with Crippen LogP contribution in [0.3, 0.4) is 0 Å². The Bertz CT molecular complexity index is 780. The summed E-state index contributed by atoms with van der Waals surface area (Å²) >= 11 is 6.24. The Morgan fingerprint density at radius 2 is 1.09 bits per heavy atom. The highest BCUT2D eigenvalue weighted by Gasteiger charge is 2.23. The molecule has 1 N–H and O–H groups in total. The Labute approximate surface area is 143 Å². The number of rotatable bonds is 4. The number of anilines is 1. The van der Waals surface area contributed by atoms with Gasteiger partial charge in [0.1, 0.15) is 0 Å². The molecule has 3 aromatic rings. The van der Waals surface area contributed by atoms with Crippen LogP contribution in [0.4, 0.5) is 5.69 Å². The summed E-state index contributed by atoms with van der Waals surface area (Å²) in [5, 5.41) is 6.12. The first-order valence-corrected chi connectivity index (χ1v) is 10.5. The van der Waals surface area contributed by atoms with Crippen LogP contribution in [0.25, 0.3) is 0 Å². The molecule has 0 saturated carbocycles. The summed E-state index contributed by atoms with van der Waals surface area (Å²) in [4.78, 5) is 0. The monoisotopic (exact) mass is 337 g/mol. The minimum atomic E-state index is -2.12. The first-order valence-electron chi connectivity index (χ1n) is 7.67. The van der Waals surface area contributed by atoms with Gasteiger partial charge in [0, 0.05) is 16.3 Å². The molecule has 23 heavy (non-hydrogen) atoms. The molecule has 0 saturated heterocycles. The number of nitrogens with one attached hydrogen (secondary N) is 1. The van der Waals surface area contributed by atoms with Crippen LogP contribution in [0.2, 0.25) is 0 Å². The summed E-state index contributed by atoms with van der Waals surface area (Å²) in [6, 6.07) is 27.2. The minimum absolute atomic E-state index is 1.16. The quantitative estimate of drug-likeness (QED) is 0.689. The predicted octanol–water partition coefficient (Wildman–Crippen LogP) is 4.76. The van der Waals surface area contributed by atoms with Crippen molar-refractivity contribution in [2.45, 2.75) is 13.8 Å². The van der Waals surface area contributed by atoms with E-state index in [1.54, 1.807) is 0 Å². The number of benzene rings is 3. The van der Waals surface area contributed by atoms with Gasteiger partial charge in [-0.2, -0.15) is 0 Å². The van der Waals surface area contributed by atoms with Gasteiger partial charge in [0.2, 0.25) is 0 Å². The van der Waals surface area contributed by atoms with Crippen molar-refractivity contribution >= 4 is 34.3 Å². The van der Waals surface area contributed by atoms with E-state index in [1.807, 2.05) is 12.1 Å². The van der Waals surface area contributed by atoms with Crippen LogP contribution in [0.1, 0.15) is 11.1 Å². The molecule has 0 radical (unpaired) electrons. The molecular formula is C20H20NPS. The minimum Gasteiger partial charge on any atom is -0.350 e. The lowest BCUT2D eigenvalue weighted by atomic mass is 10.1. The van der Waals surface area contributed by atoms with Gasteiger partial charge in [-0.15, -0.1) is 0 Å². The molecule has 0 heterocycles. The third-order valence-corrected chi connectivity index (χ3v) is 8.12. The van der Waals surface area contributed by atoms with E-state index in [4.69, 9.17) is 11.8 Å². The van der Waals surface area contributed by atoms with Crippen LogP contribution in [-0.4, -0.2) is 0 Å². The van der Waals surface area contributed by atoms with Gasteiger partial charge in [0.05, 0.1) is 6.19 Å². The molecule has 0 unspecified atom stereocenters. The molecule has 3 heteroatoms. The first-order chi connectivity index (χ1) is 11.1. The fourth-order valence-electron chi connectivity index (χ4n) is 2.70. The van der Waals surface area contributed by atoms with Crippen molar-refractivity contribution in [2.75, 3.05) is 5.09 Å². The summed E-state index contributed by atoms with van der Waals surface area (Å²) in [6.45, 7) is 4.26. The molecule has 0 aliphatic rings. The van der Waals surface area contributed by atoms with E-state index in [2.05, 4.69) is 85.7 Å². The second kappa shape index (κ2) is 6.70. The second-order valence-corrected chi connectivity index (χ2v) is 9.78. The fraction of sp³-hybridized carbons (Fsp3) is 0.100. The smallest absolute Gasteiger partial charge is 0.0903 e. The van der Waals surface area contributed by atoms with Crippen LogP contribution in [0.5, 0.6) is 0 Å². The number of para-hydroxylation sites is 1. The maximum absolute atomic E-state index is 6.24. The molecule has 1 nitrogen and oxygen atoms in total. The molecule has 0 aliphatic heterocycles. The third kappa shape index (κ3) is 3.24. The largest absolute Gasteiger partial charge is 0.350 e. The summed E-state index contributed by atoms with van der Waals surface area (Å²) in [5.74, 6) is 0. The van der Waals surface area contributed by atoms with Gasteiger partial charge in [-0.3, -0.25) is 0 Å². The van der Waals surface area contributed by atoms with Crippen LogP contribution in [0, 0.1) is 13.8 Å².